The topological polar surface area (TPSA) is 52.4 Å². The zero-order valence-corrected chi connectivity index (χ0v) is 10.3. The highest BCUT2D eigenvalue weighted by atomic mass is 127. The van der Waals surface area contributed by atoms with Gasteiger partial charge in [0.15, 0.2) is 0 Å². The fourth-order valence-electron chi connectivity index (χ4n) is 0.801. The maximum atomic E-state index is 10.6. The highest BCUT2D eigenvalue weighted by molar-refractivity contribution is 14.1. The maximum absolute atomic E-state index is 10.6. The van der Waals surface area contributed by atoms with Crippen LogP contribution in [0.15, 0.2) is 16.6 Å². The average Bonchev–Trinajstić information content (AvgIpc) is 2.09. The van der Waals surface area contributed by atoms with Crippen LogP contribution in [0.4, 0.5) is 5.69 Å². The van der Waals surface area contributed by atoms with Gasteiger partial charge < -0.3 is 4.74 Å². The molecule has 0 aliphatic heterocycles. The molecule has 0 atom stereocenters. The SMILES string of the molecule is COc1cc(Br)c(I)c([N+](=O)[O-])c1. The number of hydrogen-bond donors (Lipinski definition) is 0. The lowest BCUT2D eigenvalue weighted by molar-refractivity contribution is -0.385. The summed E-state index contributed by atoms with van der Waals surface area (Å²) in [5.41, 5.74) is 0.0480. The van der Waals surface area contributed by atoms with Gasteiger partial charge >= 0.3 is 0 Å². The van der Waals surface area contributed by atoms with E-state index in [1.165, 1.54) is 13.2 Å². The molecule has 0 saturated heterocycles. The maximum Gasteiger partial charge on any atom is 0.287 e. The zero-order valence-electron chi connectivity index (χ0n) is 6.58. The molecule has 0 N–H and O–H groups in total. The summed E-state index contributed by atoms with van der Waals surface area (Å²) in [5.74, 6) is 0.471. The lowest BCUT2D eigenvalue weighted by Gasteiger charge is -2.02. The number of hydrogen-bond acceptors (Lipinski definition) is 3. The summed E-state index contributed by atoms with van der Waals surface area (Å²) in [4.78, 5) is 10.1. The van der Waals surface area contributed by atoms with Crippen LogP contribution < -0.4 is 4.74 Å². The second kappa shape index (κ2) is 4.23. The summed E-state index contributed by atoms with van der Waals surface area (Å²) in [6, 6.07) is 3.08. The number of benzene rings is 1. The molecule has 70 valence electrons. The molecule has 0 aliphatic rings. The molecule has 13 heavy (non-hydrogen) atoms. The third-order valence-electron chi connectivity index (χ3n) is 1.41. The van der Waals surface area contributed by atoms with Crippen LogP contribution in [-0.2, 0) is 0 Å². The normalized spacial score (nSPS) is 9.77. The molecule has 0 aromatic heterocycles. The summed E-state index contributed by atoms with van der Waals surface area (Å²) in [6.07, 6.45) is 0. The van der Waals surface area contributed by atoms with Crippen molar-refractivity contribution in [1.82, 2.24) is 0 Å². The van der Waals surface area contributed by atoms with E-state index in [1.807, 2.05) is 22.6 Å². The smallest absolute Gasteiger partial charge is 0.287 e. The predicted molar refractivity (Wildman–Crippen MR) is 60.1 cm³/mol. The van der Waals surface area contributed by atoms with Crippen molar-refractivity contribution in [2.75, 3.05) is 7.11 Å². The number of methoxy groups -OCH3 is 1. The Bertz CT molecular complexity index is 356. The van der Waals surface area contributed by atoms with Gasteiger partial charge in [-0.15, -0.1) is 0 Å². The predicted octanol–water partition coefficient (Wildman–Crippen LogP) is 2.97. The number of ether oxygens (including phenoxy) is 1. The zero-order chi connectivity index (χ0) is 10.0. The lowest BCUT2D eigenvalue weighted by Crippen LogP contribution is -1.94. The van der Waals surface area contributed by atoms with Crippen LogP contribution in [0.25, 0.3) is 0 Å². The molecule has 0 heterocycles. The molecule has 0 aliphatic carbocycles. The monoisotopic (exact) mass is 357 g/mol. The van der Waals surface area contributed by atoms with Gasteiger partial charge in [0.1, 0.15) is 9.32 Å². The van der Waals surface area contributed by atoms with Crippen LogP contribution in [0, 0.1) is 13.7 Å². The number of rotatable bonds is 2. The van der Waals surface area contributed by atoms with Crippen LogP contribution >= 0.6 is 38.5 Å². The molecular formula is C7H5BrINO3. The van der Waals surface area contributed by atoms with E-state index in [4.69, 9.17) is 4.74 Å². The fraction of sp³-hybridized carbons (Fsp3) is 0.143. The molecule has 0 bridgehead atoms. The molecule has 1 rings (SSSR count). The van der Waals surface area contributed by atoms with Crippen molar-refractivity contribution in [3.05, 3.63) is 30.3 Å². The minimum Gasteiger partial charge on any atom is -0.496 e. The highest BCUT2D eigenvalue weighted by Gasteiger charge is 2.16. The number of nitro benzene ring substituents is 1. The van der Waals surface area contributed by atoms with Crippen molar-refractivity contribution in [2.45, 2.75) is 0 Å². The van der Waals surface area contributed by atoms with E-state index in [-0.39, 0.29) is 5.69 Å². The van der Waals surface area contributed by atoms with Gasteiger partial charge in [0, 0.05) is 4.47 Å². The van der Waals surface area contributed by atoms with E-state index in [2.05, 4.69) is 15.9 Å². The van der Waals surface area contributed by atoms with Crippen molar-refractivity contribution >= 4 is 44.2 Å². The quantitative estimate of drug-likeness (QED) is 0.464. The van der Waals surface area contributed by atoms with E-state index in [9.17, 15) is 10.1 Å². The van der Waals surface area contributed by atoms with E-state index in [0.717, 1.165) is 0 Å². The molecule has 1 aromatic rings. The van der Waals surface area contributed by atoms with Crippen LogP contribution in [0.5, 0.6) is 5.75 Å². The highest BCUT2D eigenvalue weighted by Crippen LogP contribution is 2.32. The van der Waals surface area contributed by atoms with Gasteiger partial charge in [-0.3, -0.25) is 10.1 Å². The minimum absolute atomic E-state index is 0.0480. The Hall–Kier alpha value is -0.370. The Kier molecular flexibility index (Phi) is 3.48. The Morgan fingerprint density at radius 2 is 2.23 bits per heavy atom. The molecule has 0 amide bonds. The van der Waals surface area contributed by atoms with Crippen molar-refractivity contribution in [2.24, 2.45) is 0 Å². The van der Waals surface area contributed by atoms with Crippen molar-refractivity contribution in [1.29, 1.82) is 0 Å². The Balaban J connectivity index is 3.33. The second-order valence-corrected chi connectivity index (χ2v) is 4.13. The van der Waals surface area contributed by atoms with Crippen LogP contribution in [0.1, 0.15) is 0 Å². The molecule has 6 heteroatoms. The molecule has 0 fully saturated rings. The minimum atomic E-state index is -0.435. The Labute approximate surface area is 96.7 Å². The number of halogens is 2. The fourth-order valence-corrected chi connectivity index (χ4v) is 1.74. The number of nitro groups is 1. The van der Waals surface area contributed by atoms with Crippen LogP contribution in [-0.4, -0.2) is 12.0 Å². The molecule has 4 nitrogen and oxygen atoms in total. The van der Waals surface area contributed by atoms with E-state index in [0.29, 0.717) is 13.8 Å². The third-order valence-corrected chi connectivity index (χ3v) is 3.92. The van der Waals surface area contributed by atoms with Gasteiger partial charge in [-0.2, -0.15) is 0 Å². The summed E-state index contributed by atoms with van der Waals surface area (Å²) in [7, 11) is 1.47. The molecular weight excluding hydrogens is 353 g/mol. The third kappa shape index (κ3) is 2.31. The largest absolute Gasteiger partial charge is 0.496 e. The first-order chi connectivity index (χ1) is 6.06. The summed E-state index contributed by atoms with van der Waals surface area (Å²) in [5, 5.41) is 10.6. The van der Waals surface area contributed by atoms with Gasteiger partial charge in [-0.05, 0) is 44.6 Å². The van der Waals surface area contributed by atoms with Crippen molar-refractivity contribution in [3.8, 4) is 5.75 Å². The average molecular weight is 358 g/mol. The van der Waals surface area contributed by atoms with Crippen molar-refractivity contribution < 1.29 is 9.66 Å². The number of nitrogens with zero attached hydrogens (tertiary/aromatic N) is 1. The first-order valence-electron chi connectivity index (χ1n) is 3.23. The summed E-state index contributed by atoms with van der Waals surface area (Å²) >= 11 is 5.12. The standard InChI is InChI=1S/C7H5BrINO3/c1-13-4-2-5(8)7(9)6(3-4)10(11)12/h2-3H,1H3. The molecule has 0 radical (unpaired) electrons. The first-order valence-corrected chi connectivity index (χ1v) is 5.11. The molecule has 0 spiro atoms. The van der Waals surface area contributed by atoms with Gasteiger partial charge in [-0.1, -0.05) is 0 Å². The van der Waals surface area contributed by atoms with Crippen LogP contribution in [0.3, 0.4) is 0 Å². The molecule has 0 saturated carbocycles. The summed E-state index contributed by atoms with van der Waals surface area (Å²) < 4.78 is 6.14. The second-order valence-electron chi connectivity index (χ2n) is 2.20. The Morgan fingerprint density at radius 3 is 2.69 bits per heavy atom. The van der Waals surface area contributed by atoms with E-state index in [1.54, 1.807) is 6.07 Å². The molecule has 1 aromatic carbocycles. The van der Waals surface area contributed by atoms with Crippen LogP contribution in [0.2, 0.25) is 0 Å². The van der Waals surface area contributed by atoms with Crippen molar-refractivity contribution in [3.63, 3.8) is 0 Å². The molecule has 0 unspecified atom stereocenters. The lowest BCUT2D eigenvalue weighted by atomic mass is 10.3. The summed E-state index contributed by atoms with van der Waals surface area (Å²) in [6.45, 7) is 0. The van der Waals surface area contributed by atoms with E-state index >= 15 is 0 Å². The van der Waals surface area contributed by atoms with Gasteiger partial charge in [-0.25, -0.2) is 0 Å². The van der Waals surface area contributed by atoms with Gasteiger partial charge in [0.05, 0.1) is 18.1 Å². The van der Waals surface area contributed by atoms with Gasteiger partial charge in [0.25, 0.3) is 5.69 Å². The Morgan fingerprint density at radius 1 is 1.62 bits per heavy atom. The first kappa shape index (κ1) is 10.7. The van der Waals surface area contributed by atoms with E-state index < -0.39 is 4.92 Å². The van der Waals surface area contributed by atoms with Gasteiger partial charge in [0.2, 0.25) is 0 Å².